The van der Waals surface area contributed by atoms with Crippen molar-refractivity contribution < 1.29 is 6.16 Å². The van der Waals surface area contributed by atoms with Gasteiger partial charge in [0, 0.05) is 14.6 Å². The highest BCUT2D eigenvalue weighted by atomic mass is 16.5. The van der Waals surface area contributed by atoms with Gasteiger partial charge in [-0.1, -0.05) is 39.5 Å². The number of unbranched alkanes of at least 4 members (excludes halogenated alkanes) is 4. The SMILES string of the molecule is CCCCCNCCCOCCCCC.[HH]. The third kappa shape index (κ3) is 13.9. The fraction of sp³-hybridized carbons (Fsp3) is 1.00. The van der Waals surface area contributed by atoms with Crippen molar-refractivity contribution in [3.05, 3.63) is 0 Å². The number of hydrogen-bond donors (Lipinski definition) is 1. The molecule has 15 heavy (non-hydrogen) atoms. The maximum absolute atomic E-state index is 5.52. The molecular formula is C13H31NO. The van der Waals surface area contributed by atoms with Gasteiger partial charge in [-0.3, -0.25) is 0 Å². The van der Waals surface area contributed by atoms with Crippen molar-refractivity contribution in [3.63, 3.8) is 0 Å². The fourth-order valence-corrected chi connectivity index (χ4v) is 1.48. The highest BCUT2D eigenvalue weighted by Crippen LogP contribution is 1.94. The summed E-state index contributed by atoms with van der Waals surface area (Å²) in [4.78, 5) is 0. The van der Waals surface area contributed by atoms with Crippen LogP contribution in [-0.2, 0) is 4.74 Å². The zero-order valence-corrected chi connectivity index (χ0v) is 10.7. The van der Waals surface area contributed by atoms with Gasteiger partial charge in [0.25, 0.3) is 0 Å². The lowest BCUT2D eigenvalue weighted by Gasteiger charge is -2.05. The molecule has 0 unspecified atom stereocenters. The van der Waals surface area contributed by atoms with Gasteiger partial charge in [0.1, 0.15) is 0 Å². The van der Waals surface area contributed by atoms with Crippen LogP contribution in [0.2, 0.25) is 0 Å². The summed E-state index contributed by atoms with van der Waals surface area (Å²) in [5, 5.41) is 3.44. The van der Waals surface area contributed by atoms with Gasteiger partial charge in [-0.05, 0) is 32.4 Å². The number of hydrogen-bond acceptors (Lipinski definition) is 2. The van der Waals surface area contributed by atoms with Crippen LogP contribution in [-0.4, -0.2) is 26.3 Å². The lowest BCUT2D eigenvalue weighted by Crippen LogP contribution is -2.18. The predicted octanol–water partition coefficient (Wildman–Crippen LogP) is 3.61. The second-order valence-electron chi connectivity index (χ2n) is 4.13. The van der Waals surface area contributed by atoms with E-state index in [-0.39, 0.29) is 1.43 Å². The highest BCUT2D eigenvalue weighted by Gasteiger charge is 1.90. The molecule has 1 N–H and O–H groups in total. The van der Waals surface area contributed by atoms with Crippen LogP contribution >= 0.6 is 0 Å². The van der Waals surface area contributed by atoms with E-state index in [0.29, 0.717) is 0 Å². The first-order chi connectivity index (χ1) is 7.41. The molecule has 2 nitrogen and oxygen atoms in total. The Bertz CT molecular complexity index is 100. The Labute approximate surface area is 97.3 Å². The Hall–Kier alpha value is -0.0800. The molecule has 2 heteroatoms. The van der Waals surface area contributed by atoms with Crippen molar-refractivity contribution in [1.82, 2.24) is 5.32 Å². The largest absolute Gasteiger partial charge is 0.381 e. The maximum Gasteiger partial charge on any atom is 0.0478 e. The van der Waals surface area contributed by atoms with E-state index in [1.165, 1.54) is 45.1 Å². The lowest BCUT2D eigenvalue weighted by molar-refractivity contribution is 0.128. The molecule has 0 aromatic carbocycles. The molecule has 0 fully saturated rings. The third-order valence-electron chi connectivity index (χ3n) is 2.49. The van der Waals surface area contributed by atoms with Crippen LogP contribution in [0.5, 0.6) is 0 Å². The van der Waals surface area contributed by atoms with Gasteiger partial charge in [0.05, 0.1) is 0 Å². The lowest BCUT2D eigenvalue weighted by atomic mass is 10.2. The summed E-state index contributed by atoms with van der Waals surface area (Å²) in [6, 6.07) is 0. The van der Waals surface area contributed by atoms with Gasteiger partial charge in [-0.15, -0.1) is 0 Å². The predicted molar refractivity (Wildman–Crippen MR) is 69.5 cm³/mol. The van der Waals surface area contributed by atoms with E-state index in [0.717, 1.165) is 26.2 Å². The standard InChI is InChI=1S/C13H29NO.H2/c1-3-5-7-10-14-11-9-13-15-12-8-6-4-2;/h14H,3-13H2,1-2H3;1H. The molecule has 0 saturated heterocycles. The summed E-state index contributed by atoms with van der Waals surface area (Å²) in [6.07, 6.45) is 8.92. The monoisotopic (exact) mass is 217 g/mol. The quantitative estimate of drug-likeness (QED) is 0.504. The minimum atomic E-state index is 0. The van der Waals surface area contributed by atoms with Crippen molar-refractivity contribution in [2.24, 2.45) is 0 Å². The zero-order valence-electron chi connectivity index (χ0n) is 10.7. The number of nitrogens with one attached hydrogen (secondary N) is 1. The first-order valence-corrected chi connectivity index (χ1v) is 6.70. The highest BCUT2D eigenvalue weighted by molar-refractivity contribution is 4.48. The normalized spacial score (nSPS) is 10.8. The molecule has 0 aromatic rings. The van der Waals surface area contributed by atoms with Crippen LogP contribution in [0.4, 0.5) is 0 Å². The Morgan fingerprint density at radius 2 is 1.40 bits per heavy atom. The van der Waals surface area contributed by atoms with Crippen LogP contribution < -0.4 is 5.32 Å². The number of ether oxygens (including phenoxy) is 1. The van der Waals surface area contributed by atoms with Crippen molar-refractivity contribution >= 4 is 0 Å². The second-order valence-corrected chi connectivity index (χ2v) is 4.13. The van der Waals surface area contributed by atoms with Crippen molar-refractivity contribution in [3.8, 4) is 0 Å². The van der Waals surface area contributed by atoms with Gasteiger partial charge in [0.2, 0.25) is 0 Å². The molecular weight excluding hydrogens is 186 g/mol. The Morgan fingerprint density at radius 1 is 0.800 bits per heavy atom. The average molecular weight is 217 g/mol. The summed E-state index contributed by atoms with van der Waals surface area (Å²) in [5.41, 5.74) is 0. The molecule has 0 atom stereocenters. The average Bonchev–Trinajstić information content (AvgIpc) is 2.26. The summed E-state index contributed by atoms with van der Waals surface area (Å²) in [7, 11) is 0. The molecule has 0 spiro atoms. The second kappa shape index (κ2) is 13.9. The molecule has 94 valence electrons. The van der Waals surface area contributed by atoms with Gasteiger partial charge in [0.15, 0.2) is 0 Å². The Balaban J connectivity index is 0. The molecule has 0 aliphatic carbocycles. The minimum absolute atomic E-state index is 0. The van der Waals surface area contributed by atoms with Crippen LogP contribution in [0.1, 0.15) is 60.2 Å². The van der Waals surface area contributed by atoms with E-state index in [1.807, 2.05) is 0 Å². The molecule has 0 radical (unpaired) electrons. The molecule has 0 saturated carbocycles. The first kappa shape index (κ1) is 14.9. The van der Waals surface area contributed by atoms with E-state index < -0.39 is 0 Å². The summed E-state index contributed by atoms with van der Waals surface area (Å²) < 4.78 is 5.52. The van der Waals surface area contributed by atoms with E-state index >= 15 is 0 Å². The molecule has 0 rings (SSSR count). The van der Waals surface area contributed by atoms with Gasteiger partial charge in [-0.2, -0.15) is 0 Å². The van der Waals surface area contributed by atoms with Crippen molar-refractivity contribution in [1.29, 1.82) is 0 Å². The molecule has 0 heterocycles. The molecule has 0 bridgehead atoms. The summed E-state index contributed by atoms with van der Waals surface area (Å²) in [6.45, 7) is 8.61. The summed E-state index contributed by atoms with van der Waals surface area (Å²) >= 11 is 0. The van der Waals surface area contributed by atoms with E-state index in [4.69, 9.17) is 4.74 Å². The fourth-order valence-electron chi connectivity index (χ4n) is 1.48. The Kier molecular flexibility index (Phi) is 13.8. The zero-order chi connectivity index (χ0) is 11.2. The van der Waals surface area contributed by atoms with Crippen LogP contribution in [0, 0.1) is 0 Å². The minimum Gasteiger partial charge on any atom is -0.381 e. The van der Waals surface area contributed by atoms with Gasteiger partial charge >= 0.3 is 0 Å². The third-order valence-corrected chi connectivity index (χ3v) is 2.49. The van der Waals surface area contributed by atoms with Crippen molar-refractivity contribution in [2.75, 3.05) is 26.3 Å². The van der Waals surface area contributed by atoms with Gasteiger partial charge < -0.3 is 10.1 Å². The molecule has 0 aromatic heterocycles. The van der Waals surface area contributed by atoms with Crippen molar-refractivity contribution in [2.45, 2.75) is 58.8 Å². The topological polar surface area (TPSA) is 21.3 Å². The maximum atomic E-state index is 5.52. The van der Waals surface area contributed by atoms with Crippen LogP contribution in [0.3, 0.4) is 0 Å². The summed E-state index contributed by atoms with van der Waals surface area (Å²) in [5.74, 6) is 0. The first-order valence-electron chi connectivity index (χ1n) is 6.70. The van der Waals surface area contributed by atoms with E-state index in [2.05, 4.69) is 19.2 Å². The molecule has 0 aliphatic heterocycles. The Morgan fingerprint density at radius 3 is 2.13 bits per heavy atom. The van der Waals surface area contributed by atoms with Gasteiger partial charge in [-0.25, -0.2) is 0 Å². The van der Waals surface area contributed by atoms with Crippen LogP contribution in [0.15, 0.2) is 0 Å². The molecule has 0 aliphatic rings. The van der Waals surface area contributed by atoms with Crippen LogP contribution in [0.25, 0.3) is 0 Å². The van der Waals surface area contributed by atoms with E-state index in [1.54, 1.807) is 0 Å². The smallest absolute Gasteiger partial charge is 0.0478 e. The number of rotatable bonds is 12. The van der Waals surface area contributed by atoms with E-state index in [9.17, 15) is 0 Å². The molecule has 0 amide bonds.